The Morgan fingerprint density at radius 1 is 1.32 bits per heavy atom. The number of anilines is 2. The SMILES string of the molecule is CCOc1ncnc(Nc2cn(C)nc2CC)c1C. The van der Waals surface area contributed by atoms with Crippen LogP contribution < -0.4 is 10.1 Å². The van der Waals surface area contributed by atoms with Crippen molar-refractivity contribution in [2.45, 2.75) is 27.2 Å². The van der Waals surface area contributed by atoms with Gasteiger partial charge in [0.05, 0.1) is 23.6 Å². The molecule has 0 aliphatic rings. The molecule has 2 heterocycles. The zero-order valence-electron chi connectivity index (χ0n) is 11.8. The van der Waals surface area contributed by atoms with E-state index in [0.29, 0.717) is 12.5 Å². The molecule has 0 radical (unpaired) electrons. The van der Waals surface area contributed by atoms with Gasteiger partial charge in [-0.25, -0.2) is 9.97 Å². The number of nitrogens with one attached hydrogen (secondary N) is 1. The van der Waals surface area contributed by atoms with Gasteiger partial charge in [-0.3, -0.25) is 4.68 Å². The molecule has 6 heteroatoms. The molecule has 1 N–H and O–H groups in total. The molecule has 0 spiro atoms. The fraction of sp³-hybridized carbons (Fsp3) is 0.462. The Labute approximate surface area is 112 Å². The average Bonchev–Trinajstić information content (AvgIpc) is 2.75. The van der Waals surface area contributed by atoms with E-state index < -0.39 is 0 Å². The fourth-order valence-electron chi connectivity index (χ4n) is 1.87. The summed E-state index contributed by atoms with van der Waals surface area (Å²) in [5.74, 6) is 1.36. The van der Waals surface area contributed by atoms with Gasteiger partial charge >= 0.3 is 0 Å². The summed E-state index contributed by atoms with van der Waals surface area (Å²) in [6.45, 7) is 6.54. The summed E-state index contributed by atoms with van der Waals surface area (Å²) in [7, 11) is 1.91. The molecule has 102 valence electrons. The second-order valence-corrected chi connectivity index (χ2v) is 4.23. The Morgan fingerprint density at radius 2 is 2.11 bits per heavy atom. The van der Waals surface area contributed by atoms with Crippen molar-refractivity contribution in [3.05, 3.63) is 23.8 Å². The van der Waals surface area contributed by atoms with E-state index in [2.05, 4.69) is 27.3 Å². The van der Waals surface area contributed by atoms with E-state index in [1.54, 1.807) is 4.68 Å². The third kappa shape index (κ3) is 2.83. The maximum Gasteiger partial charge on any atom is 0.221 e. The summed E-state index contributed by atoms with van der Waals surface area (Å²) >= 11 is 0. The summed E-state index contributed by atoms with van der Waals surface area (Å²) < 4.78 is 7.26. The van der Waals surface area contributed by atoms with Gasteiger partial charge in [0.15, 0.2) is 0 Å². The molecule has 0 unspecified atom stereocenters. The highest BCUT2D eigenvalue weighted by molar-refractivity contribution is 5.62. The molecule has 0 aliphatic carbocycles. The van der Waals surface area contributed by atoms with E-state index in [-0.39, 0.29) is 0 Å². The predicted octanol–water partition coefficient (Wildman–Crippen LogP) is 2.22. The summed E-state index contributed by atoms with van der Waals surface area (Å²) in [6.07, 6.45) is 4.31. The quantitative estimate of drug-likeness (QED) is 0.894. The Bertz CT molecular complexity index is 564. The standard InChI is InChI=1S/C13H19N5O/c1-5-10-11(7-18(4)17-10)16-12-9(3)13(19-6-2)15-8-14-12/h7-8H,5-6H2,1-4H3,(H,14,15,16). The van der Waals surface area contributed by atoms with Crippen LogP contribution in [0.1, 0.15) is 25.1 Å². The largest absolute Gasteiger partial charge is 0.478 e. The summed E-state index contributed by atoms with van der Waals surface area (Å²) in [5.41, 5.74) is 2.88. The monoisotopic (exact) mass is 261 g/mol. The topological polar surface area (TPSA) is 64.9 Å². The number of nitrogens with zero attached hydrogens (tertiary/aromatic N) is 4. The van der Waals surface area contributed by atoms with Crippen LogP contribution >= 0.6 is 0 Å². The smallest absolute Gasteiger partial charge is 0.221 e. The number of hydrogen-bond donors (Lipinski definition) is 1. The van der Waals surface area contributed by atoms with Crippen LogP contribution in [0.2, 0.25) is 0 Å². The lowest BCUT2D eigenvalue weighted by atomic mass is 10.2. The van der Waals surface area contributed by atoms with Crippen LogP contribution in [0.5, 0.6) is 5.88 Å². The zero-order chi connectivity index (χ0) is 13.8. The Morgan fingerprint density at radius 3 is 2.79 bits per heavy atom. The first-order chi connectivity index (χ1) is 9.15. The summed E-state index contributed by atoms with van der Waals surface area (Å²) in [4.78, 5) is 8.39. The van der Waals surface area contributed by atoms with Gasteiger partial charge in [0, 0.05) is 13.2 Å². The van der Waals surface area contributed by atoms with Crippen molar-refractivity contribution >= 4 is 11.5 Å². The number of hydrogen-bond acceptors (Lipinski definition) is 5. The number of aromatic nitrogens is 4. The molecular weight excluding hydrogens is 242 g/mol. The first-order valence-electron chi connectivity index (χ1n) is 6.39. The minimum Gasteiger partial charge on any atom is -0.478 e. The molecule has 0 bridgehead atoms. The van der Waals surface area contributed by atoms with Gasteiger partial charge in [-0.05, 0) is 20.3 Å². The molecule has 2 aromatic heterocycles. The molecule has 0 aliphatic heterocycles. The lowest BCUT2D eigenvalue weighted by Crippen LogP contribution is -2.03. The van der Waals surface area contributed by atoms with Crippen LogP contribution in [-0.4, -0.2) is 26.4 Å². The van der Waals surface area contributed by atoms with E-state index in [1.807, 2.05) is 27.1 Å². The van der Waals surface area contributed by atoms with Crippen LogP contribution in [0, 0.1) is 6.92 Å². The molecule has 0 saturated heterocycles. The van der Waals surface area contributed by atoms with Crippen molar-refractivity contribution in [2.24, 2.45) is 7.05 Å². The van der Waals surface area contributed by atoms with Crippen molar-refractivity contribution in [2.75, 3.05) is 11.9 Å². The lowest BCUT2D eigenvalue weighted by molar-refractivity contribution is 0.324. The molecule has 19 heavy (non-hydrogen) atoms. The Hall–Kier alpha value is -2.11. The van der Waals surface area contributed by atoms with Gasteiger partial charge in [0.2, 0.25) is 5.88 Å². The lowest BCUT2D eigenvalue weighted by Gasteiger charge is -2.10. The molecule has 0 atom stereocenters. The molecule has 0 aromatic carbocycles. The molecule has 2 aromatic rings. The molecule has 0 saturated carbocycles. The maximum absolute atomic E-state index is 5.46. The highest BCUT2D eigenvalue weighted by Gasteiger charge is 2.11. The minimum atomic E-state index is 0.588. The molecular formula is C13H19N5O. The van der Waals surface area contributed by atoms with Crippen LogP contribution in [0.15, 0.2) is 12.5 Å². The molecule has 0 fully saturated rings. The van der Waals surface area contributed by atoms with E-state index in [9.17, 15) is 0 Å². The van der Waals surface area contributed by atoms with Gasteiger partial charge in [0.25, 0.3) is 0 Å². The van der Waals surface area contributed by atoms with Gasteiger partial charge in [-0.15, -0.1) is 0 Å². The van der Waals surface area contributed by atoms with Crippen LogP contribution in [-0.2, 0) is 13.5 Å². The third-order valence-corrected chi connectivity index (χ3v) is 2.81. The van der Waals surface area contributed by atoms with Crippen molar-refractivity contribution < 1.29 is 4.74 Å². The van der Waals surface area contributed by atoms with E-state index >= 15 is 0 Å². The summed E-state index contributed by atoms with van der Waals surface area (Å²) in [6, 6.07) is 0. The average molecular weight is 261 g/mol. The van der Waals surface area contributed by atoms with E-state index in [1.165, 1.54) is 6.33 Å². The van der Waals surface area contributed by atoms with Crippen molar-refractivity contribution in [1.29, 1.82) is 0 Å². The minimum absolute atomic E-state index is 0.588. The first kappa shape index (κ1) is 13.3. The Balaban J connectivity index is 2.30. The molecule has 0 amide bonds. The van der Waals surface area contributed by atoms with Gasteiger partial charge < -0.3 is 10.1 Å². The van der Waals surface area contributed by atoms with Crippen LogP contribution in [0.4, 0.5) is 11.5 Å². The predicted molar refractivity (Wildman–Crippen MR) is 73.8 cm³/mol. The number of ether oxygens (including phenoxy) is 1. The molecule has 2 rings (SSSR count). The summed E-state index contributed by atoms with van der Waals surface area (Å²) in [5, 5.41) is 7.69. The number of rotatable bonds is 5. The van der Waals surface area contributed by atoms with Gasteiger partial charge in [-0.1, -0.05) is 6.92 Å². The molecule has 6 nitrogen and oxygen atoms in total. The Kier molecular flexibility index (Phi) is 3.99. The zero-order valence-corrected chi connectivity index (χ0v) is 11.8. The third-order valence-electron chi connectivity index (χ3n) is 2.81. The number of aryl methyl sites for hydroxylation is 2. The fourth-order valence-corrected chi connectivity index (χ4v) is 1.87. The normalized spacial score (nSPS) is 10.5. The van der Waals surface area contributed by atoms with Gasteiger partial charge in [0.1, 0.15) is 12.1 Å². The maximum atomic E-state index is 5.46. The second kappa shape index (κ2) is 5.69. The second-order valence-electron chi connectivity index (χ2n) is 4.23. The highest BCUT2D eigenvalue weighted by atomic mass is 16.5. The van der Waals surface area contributed by atoms with Crippen molar-refractivity contribution in [1.82, 2.24) is 19.7 Å². The van der Waals surface area contributed by atoms with Crippen LogP contribution in [0.3, 0.4) is 0 Å². The van der Waals surface area contributed by atoms with Crippen molar-refractivity contribution in [3.8, 4) is 5.88 Å². The van der Waals surface area contributed by atoms with Crippen molar-refractivity contribution in [3.63, 3.8) is 0 Å². The van der Waals surface area contributed by atoms with Gasteiger partial charge in [-0.2, -0.15) is 5.10 Å². The van der Waals surface area contributed by atoms with E-state index in [0.717, 1.165) is 29.2 Å². The van der Waals surface area contributed by atoms with E-state index in [4.69, 9.17) is 4.74 Å². The highest BCUT2D eigenvalue weighted by Crippen LogP contribution is 2.25. The van der Waals surface area contributed by atoms with Crippen LogP contribution in [0.25, 0.3) is 0 Å². The first-order valence-corrected chi connectivity index (χ1v) is 6.39.